The summed E-state index contributed by atoms with van der Waals surface area (Å²) in [5.41, 5.74) is 3.45. The summed E-state index contributed by atoms with van der Waals surface area (Å²) < 4.78 is 12.2. The van der Waals surface area contributed by atoms with Crippen molar-refractivity contribution in [2.24, 2.45) is 0 Å². The second-order valence-corrected chi connectivity index (χ2v) is 16.4. The molecule has 0 saturated carbocycles. The molecule has 0 radical (unpaired) electrons. The number of hydrogen-bond acceptors (Lipinski definition) is 4. The van der Waals surface area contributed by atoms with Gasteiger partial charge in [-0.1, -0.05) is 57.2 Å². The Morgan fingerprint density at radius 2 is 1.57 bits per heavy atom. The van der Waals surface area contributed by atoms with Crippen molar-refractivity contribution in [3.05, 3.63) is 65.2 Å². The van der Waals surface area contributed by atoms with Crippen LogP contribution in [0.3, 0.4) is 0 Å². The third-order valence-corrected chi connectivity index (χ3v) is 11.6. The van der Waals surface area contributed by atoms with Gasteiger partial charge in [0.25, 0.3) is 0 Å². The summed E-state index contributed by atoms with van der Waals surface area (Å²) in [6.07, 6.45) is 0.977. The average molecular weight is 498 g/mol. The number of esters is 1. The Morgan fingerprint density at radius 1 is 0.971 bits per heavy atom. The number of ether oxygens (including phenoxy) is 1. The summed E-state index contributed by atoms with van der Waals surface area (Å²) in [7, 11) is -2.05. The Balaban J connectivity index is 2.58. The fraction of sp³-hybridized carbons (Fsp3) is 0.567. The van der Waals surface area contributed by atoms with Crippen molar-refractivity contribution >= 4 is 14.3 Å². The zero-order valence-electron chi connectivity index (χ0n) is 23.6. The highest BCUT2D eigenvalue weighted by Gasteiger charge is 2.39. The van der Waals surface area contributed by atoms with E-state index in [4.69, 9.17) is 9.16 Å². The van der Waals surface area contributed by atoms with Crippen LogP contribution in [0.15, 0.2) is 48.5 Å². The molecule has 0 aliphatic rings. The molecule has 1 unspecified atom stereocenters. The molecule has 0 saturated heterocycles. The zero-order chi connectivity index (χ0) is 26.4. The molecule has 0 aliphatic heterocycles. The maximum atomic E-state index is 11.5. The van der Waals surface area contributed by atoms with Gasteiger partial charge in [-0.25, -0.2) is 0 Å². The van der Waals surface area contributed by atoms with Crippen molar-refractivity contribution < 1.29 is 14.0 Å². The van der Waals surface area contributed by atoms with E-state index in [9.17, 15) is 4.79 Å². The topological polar surface area (TPSA) is 38.8 Å². The largest absolute Gasteiger partial charge is 0.543 e. The van der Waals surface area contributed by atoms with Gasteiger partial charge in [0.2, 0.25) is 8.32 Å². The van der Waals surface area contributed by atoms with Crippen molar-refractivity contribution in [3.63, 3.8) is 0 Å². The summed E-state index contributed by atoms with van der Waals surface area (Å²) in [5.74, 6) is 0.864. The summed E-state index contributed by atoms with van der Waals surface area (Å²) in [5, 5.41) is 0.0923. The van der Waals surface area contributed by atoms with Crippen molar-refractivity contribution in [2.75, 3.05) is 6.54 Å². The van der Waals surface area contributed by atoms with E-state index in [0.717, 1.165) is 24.3 Å². The Kier molecular flexibility index (Phi) is 10.2. The van der Waals surface area contributed by atoms with E-state index in [1.165, 1.54) is 18.1 Å². The average Bonchev–Trinajstić information content (AvgIpc) is 2.75. The van der Waals surface area contributed by atoms with Crippen LogP contribution in [-0.2, 0) is 16.1 Å². The number of benzene rings is 2. The second kappa shape index (κ2) is 12.2. The molecule has 0 heterocycles. The smallest absolute Gasteiger partial charge is 0.302 e. The fourth-order valence-corrected chi connectivity index (χ4v) is 5.29. The first-order chi connectivity index (χ1) is 16.2. The highest BCUT2D eigenvalue weighted by molar-refractivity contribution is 6.74. The van der Waals surface area contributed by atoms with E-state index in [-0.39, 0.29) is 23.5 Å². The molecule has 2 aromatic carbocycles. The summed E-state index contributed by atoms with van der Waals surface area (Å²) >= 11 is 0. The van der Waals surface area contributed by atoms with Crippen LogP contribution in [0.4, 0.5) is 0 Å². The molecule has 1 atom stereocenters. The molecule has 0 bridgehead atoms. The van der Waals surface area contributed by atoms with E-state index in [1.807, 2.05) is 6.07 Å². The van der Waals surface area contributed by atoms with Gasteiger partial charge in [-0.05, 0) is 82.1 Å². The first-order valence-corrected chi connectivity index (χ1v) is 15.9. The minimum absolute atomic E-state index is 0.0923. The van der Waals surface area contributed by atoms with E-state index in [1.54, 1.807) is 0 Å². The maximum Gasteiger partial charge on any atom is 0.302 e. The number of nitrogens with zero attached hydrogens (tertiary/aromatic N) is 1. The minimum atomic E-state index is -2.05. The Bertz CT molecular complexity index is 940. The van der Waals surface area contributed by atoms with Crippen LogP contribution < -0.4 is 4.43 Å². The molecule has 194 valence electrons. The van der Waals surface area contributed by atoms with Crippen molar-refractivity contribution in [2.45, 2.75) is 105 Å². The maximum absolute atomic E-state index is 11.5. The summed E-state index contributed by atoms with van der Waals surface area (Å²) in [4.78, 5) is 14.0. The van der Waals surface area contributed by atoms with Gasteiger partial charge in [0.15, 0.2) is 0 Å². The molecule has 2 rings (SSSR count). The van der Waals surface area contributed by atoms with Crippen LogP contribution in [0.25, 0.3) is 0 Å². The van der Waals surface area contributed by atoms with Gasteiger partial charge in [0.05, 0.1) is 0 Å². The van der Waals surface area contributed by atoms with Gasteiger partial charge in [-0.2, -0.15) is 0 Å². The molecular weight excluding hydrogens is 450 g/mol. The minimum Gasteiger partial charge on any atom is -0.543 e. The predicted molar refractivity (Wildman–Crippen MR) is 150 cm³/mol. The lowest BCUT2D eigenvalue weighted by atomic mass is 9.86. The van der Waals surface area contributed by atoms with E-state index < -0.39 is 8.32 Å². The van der Waals surface area contributed by atoms with Gasteiger partial charge >= 0.3 is 5.97 Å². The fourth-order valence-electron chi connectivity index (χ4n) is 4.24. The number of rotatable bonds is 11. The standard InChI is InChI=1S/C30H47NO3Si/c1-22(2)31(23(3)4)19-18-27(26-14-12-11-13-15-26)28-20-25(21-33-24(5)32)16-17-29(28)34-35(9,10)30(6,7)8/h11-17,20,22-23,27H,18-19,21H2,1-10H3. The van der Waals surface area contributed by atoms with Crippen LogP contribution in [0.5, 0.6) is 5.75 Å². The normalized spacial score (nSPS) is 13.4. The Hall–Kier alpha value is -2.11. The summed E-state index contributed by atoms with van der Waals surface area (Å²) in [6, 6.07) is 18.0. The van der Waals surface area contributed by atoms with Crippen molar-refractivity contribution in [1.29, 1.82) is 0 Å². The lowest BCUT2D eigenvalue weighted by Gasteiger charge is -2.38. The van der Waals surface area contributed by atoms with Crippen LogP contribution >= 0.6 is 0 Å². The molecule has 0 spiro atoms. The van der Waals surface area contributed by atoms with E-state index in [2.05, 4.69) is 109 Å². The zero-order valence-corrected chi connectivity index (χ0v) is 24.6. The number of carbonyl (C=O) groups excluding carboxylic acids is 1. The van der Waals surface area contributed by atoms with Gasteiger partial charge < -0.3 is 9.16 Å². The first kappa shape index (κ1) is 29.1. The van der Waals surface area contributed by atoms with Crippen LogP contribution in [-0.4, -0.2) is 37.8 Å². The monoisotopic (exact) mass is 497 g/mol. The SMILES string of the molecule is CC(=O)OCc1ccc(O[Si](C)(C)C(C)(C)C)c(C(CCN(C(C)C)C(C)C)c2ccccc2)c1. The molecule has 0 amide bonds. The quantitative estimate of drug-likeness (QED) is 0.235. The molecule has 0 aromatic heterocycles. The number of hydrogen-bond donors (Lipinski definition) is 0. The highest BCUT2D eigenvalue weighted by atomic mass is 28.4. The first-order valence-electron chi connectivity index (χ1n) is 13.0. The molecule has 0 fully saturated rings. The van der Waals surface area contributed by atoms with E-state index in [0.29, 0.717) is 12.1 Å². The molecule has 5 heteroatoms. The molecule has 35 heavy (non-hydrogen) atoms. The van der Waals surface area contributed by atoms with Gasteiger partial charge in [0.1, 0.15) is 12.4 Å². The molecular formula is C30H47NO3Si. The lowest BCUT2D eigenvalue weighted by molar-refractivity contribution is -0.142. The molecule has 0 N–H and O–H groups in total. The van der Waals surface area contributed by atoms with Crippen LogP contribution in [0.1, 0.15) is 84.4 Å². The highest BCUT2D eigenvalue weighted by Crippen LogP contribution is 2.42. The van der Waals surface area contributed by atoms with Gasteiger partial charge in [-0.15, -0.1) is 0 Å². The number of carbonyl (C=O) groups is 1. The Labute approximate surface area is 215 Å². The van der Waals surface area contributed by atoms with E-state index >= 15 is 0 Å². The molecule has 2 aromatic rings. The van der Waals surface area contributed by atoms with Crippen LogP contribution in [0, 0.1) is 0 Å². The van der Waals surface area contributed by atoms with Crippen molar-refractivity contribution in [1.82, 2.24) is 4.90 Å². The predicted octanol–water partition coefficient (Wildman–Crippen LogP) is 7.77. The third-order valence-electron chi connectivity index (χ3n) is 7.27. The van der Waals surface area contributed by atoms with Gasteiger partial charge in [0, 0.05) is 30.5 Å². The third kappa shape index (κ3) is 8.21. The second-order valence-electron chi connectivity index (χ2n) is 11.7. The summed E-state index contributed by atoms with van der Waals surface area (Å²) in [6.45, 7) is 23.2. The lowest BCUT2D eigenvalue weighted by Crippen LogP contribution is -2.44. The molecule has 4 nitrogen and oxygen atoms in total. The Morgan fingerprint density at radius 3 is 2.09 bits per heavy atom. The van der Waals surface area contributed by atoms with Gasteiger partial charge in [-0.3, -0.25) is 9.69 Å². The van der Waals surface area contributed by atoms with Crippen LogP contribution in [0.2, 0.25) is 18.1 Å². The van der Waals surface area contributed by atoms with Crippen molar-refractivity contribution in [3.8, 4) is 5.75 Å². The molecule has 0 aliphatic carbocycles.